The number of likely N-dealkylation sites (N-methyl/N-ethyl adjacent to an activating group) is 1. The van der Waals surface area contributed by atoms with E-state index in [1.165, 1.54) is 0 Å². The molecule has 1 amide bonds. The highest BCUT2D eigenvalue weighted by Crippen LogP contribution is 2.04. The summed E-state index contributed by atoms with van der Waals surface area (Å²) >= 11 is 0. The third-order valence-corrected chi connectivity index (χ3v) is 3.75. The van der Waals surface area contributed by atoms with Gasteiger partial charge in [0.2, 0.25) is 5.91 Å². The molecule has 0 spiro atoms. The number of carbonyl (C=O) groups excluding carboxylic acids is 1. The Kier molecular flexibility index (Phi) is 8.57. The van der Waals surface area contributed by atoms with Crippen molar-refractivity contribution in [2.24, 2.45) is 11.7 Å². The van der Waals surface area contributed by atoms with Crippen LogP contribution in [0.1, 0.15) is 20.8 Å². The lowest BCUT2D eigenvalue weighted by Crippen LogP contribution is -2.53. The monoisotopic (exact) mass is 292 g/mol. The van der Waals surface area contributed by atoms with E-state index in [0.29, 0.717) is 12.6 Å². The fourth-order valence-corrected chi connectivity index (χ4v) is 2.06. The summed E-state index contributed by atoms with van der Waals surface area (Å²) in [6, 6.07) is -0.0216. The predicted molar refractivity (Wildman–Crippen MR) is 81.6 cm³/mol. The Morgan fingerprint density at radius 1 is 1.21 bits per heavy atom. The Bertz CT molecular complexity index is 267. The van der Waals surface area contributed by atoms with Gasteiger partial charge in [0.05, 0.1) is 6.04 Å². The van der Waals surface area contributed by atoms with Gasteiger partial charge in [-0.05, 0) is 19.9 Å². The van der Waals surface area contributed by atoms with Gasteiger partial charge in [-0.2, -0.15) is 0 Å². The summed E-state index contributed by atoms with van der Waals surface area (Å²) in [5.74, 6) is 0.148. The molecule has 5 nitrogen and oxygen atoms in total. The summed E-state index contributed by atoms with van der Waals surface area (Å²) in [5.41, 5.74) is 5.81. The number of amides is 1. The van der Waals surface area contributed by atoms with Crippen LogP contribution in [-0.4, -0.2) is 67.6 Å². The maximum Gasteiger partial charge on any atom is 0.237 e. The van der Waals surface area contributed by atoms with E-state index < -0.39 is 6.04 Å². The molecule has 1 unspecified atom stereocenters. The first-order valence-corrected chi connectivity index (χ1v) is 6.87. The Morgan fingerprint density at radius 2 is 1.74 bits per heavy atom. The van der Waals surface area contributed by atoms with Crippen LogP contribution in [0, 0.1) is 5.92 Å². The minimum Gasteiger partial charge on any atom is -0.353 e. The zero-order valence-corrected chi connectivity index (χ0v) is 13.4. The molecule has 1 rings (SSSR count). The van der Waals surface area contributed by atoms with Crippen LogP contribution in [0.25, 0.3) is 0 Å². The molecule has 6 heteroatoms. The fraction of sp³-hybridized carbons (Fsp3) is 0.923. The maximum atomic E-state index is 11.8. The van der Waals surface area contributed by atoms with Gasteiger partial charge in [0.15, 0.2) is 0 Å². The second kappa shape index (κ2) is 8.74. The van der Waals surface area contributed by atoms with Gasteiger partial charge >= 0.3 is 0 Å². The molecule has 0 bridgehead atoms. The molecule has 0 aromatic carbocycles. The van der Waals surface area contributed by atoms with Crippen molar-refractivity contribution in [1.29, 1.82) is 0 Å². The van der Waals surface area contributed by atoms with Crippen molar-refractivity contribution in [3.8, 4) is 0 Å². The average Bonchev–Trinajstić information content (AvgIpc) is 2.35. The molecule has 1 aliphatic heterocycles. The first-order chi connectivity index (χ1) is 8.41. The highest BCUT2D eigenvalue weighted by Gasteiger charge is 2.21. The number of rotatable bonds is 5. The molecular weight excluding hydrogens is 264 g/mol. The Labute approximate surface area is 123 Å². The van der Waals surface area contributed by atoms with Crippen molar-refractivity contribution >= 4 is 18.3 Å². The summed E-state index contributed by atoms with van der Waals surface area (Å²) in [6.07, 6.45) is 0. The van der Waals surface area contributed by atoms with Gasteiger partial charge in [-0.1, -0.05) is 13.8 Å². The van der Waals surface area contributed by atoms with E-state index in [1.54, 1.807) is 0 Å². The molecule has 0 saturated carbocycles. The molecular formula is C13H29ClN4O. The largest absolute Gasteiger partial charge is 0.353 e. The lowest BCUT2D eigenvalue weighted by atomic mass is 10.0. The lowest BCUT2D eigenvalue weighted by Gasteiger charge is -2.36. The van der Waals surface area contributed by atoms with Crippen LogP contribution >= 0.6 is 12.4 Å². The molecule has 0 aliphatic carbocycles. The van der Waals surface area contributed by atoms with E-state index in [-0.39, 0.29) is 24.2 Å². The summed E-state index contributed by atoms with van der Waals surface area (Å²) in [6.45, 7) is 11.1. The van der Waals surface area contributed by atoms with Crippen LogP contribution in [0.4, 0.5) is 0 Å². The van der Waals surface area contributed by atoms with Crippen molar-refractivity contribution in [3.63, 3.8) is 0 Å². The Morgan fingerprint density at radius 3 is 2.21 bits per heavy atom. The fourth-order valence-electron chi connectivity index (χ4n) is 2.06. The number of hydrogen-bond donors (Lipinski definition) is 2. The molecule has 0 radical (unpaired) electrons. The van der Waals surface area contributed by atoms with Gasteiger partial charge in [-0.3, -0.25) is 9.69 Å². The van der Waals surface area contributed by atoms with Crippen LogP contribution in [0.15, 0.2) is 0 Å². The van der Waals surface area contributed by atoms with E-state index in [4.69, 9.17) is 5.73 Å². The quantitative estimate of drug-likeness (QED) is 0.757. The highest BCUT2D eigenvalue weighted by molar-refractivity contribution is 5.85. The van der Waals surface area contributed by atoms with Gasteiger partial charge in [0.1, 0.15) is 0 Å². The maximum absolute atomic E-state index is 11.8. The average molecular weight is 293 g/mol. The first kappa shape index (κ1) is 18.6. The summed E-state index contributed by atoms with van der Waals surface area (Å²) in [4.78, 5) is 16.5. The second-order valence-electron chi connectivity index (χ2n) is 5.70. The van der Waals surface area contributed by atoms with Crippen molar-refractivity contribution in [1.82, 2.24) is 15.1 Å². The molecule has 2 atom stereocenters. The predicted octanol–water partition coefficient (Wildman–Crippen LogP) is 0.144. The highest BCUT2D eigenvalue weighted by atomic mass is 35.5. The Hall–Kier alpha value is -0.360. The van der Waals surface area contributed by atoms with E-state index in [9.17, 15) is 4.79 Å². The van der Waals surface area contributed by atoms with Crippen molar-refractivity contribution in [3.05, 3.63) is 0 Å². The molecule has 114 valence electrons. The van der Waals surface area contributed by atoms with Crippen LogP contribution < -0.4 is 11.1 Å². The third kappa shape index (κ3) is 6.08. The van der Waals surface area contributed by atoms with Crippen molar-refractivity contribution in [2.45, 2.75) is 32.9 Å². The van der Waals surface area contributed by atoms with E-state index in [1.807, 2.05) is 13.8 Å². The molecule has 1 fully saturated rings. The van der Waals surface area contributed by atoms with E-state index in [2.05, 4.69) is 29.1 Å². The zero-order valence-electron chi connectivity index (χ0n) is 12.6. The Balaban J connectivity index is 0.00000324. The normalized spacial score (nSPS) is 20.7. The second-order valence-corrected chi connectivity index (χ2v) is 5.70. The van der Waals surface area contributed by atoms with Gasteiger partial charge < -0.3 is 16.0 Å². The van der Waals surface area contributed by atoms with Gasteiger partial charge in [-0.15, -0.1) is 12.4 Å². The molecule has 1 aliphatic rings. The zero-order chi connectivity index (χ0) is 13.7. The summed E-state index contributed by atoms with van der Waals surface area (Å²) < 4.78 is 0. The van der Waals surface area contributed by atoms with Gasteiger partial charge in [0, 0.05) is 38.8 Å². The molecule has 0 aromatic rings. The smallest absolute Gasteiger partial charge is 0.237 e. The SMILES string of the molecule is CC(C)[C@H](N)C(=O)NCC(C)N1CCN(C)CC1.Cl. The number of nitrogens with one attached hydrogen (secondary N) is 1. The van der Waals surface area contributed by atoms with Gasteiger partial charge in [0.25, 0.3) is 0 Å². The van der Waals surface area contributed by atoms with Crippen molar-refractivity contribution in [2.75, 3.05) is 39.8 Å². The van der Waals surface area contributed by atoms with Crippen LogP contribution in [0.3, 0.4) is 0 Å². The molecule has 1 heterocycles. The topological polar surface area (TPSA) is 61.6 Å². The number of piperazine rings is 1. The minimum atomic E-state index is -0.398. The summed E-state index contributed by atoms with van der Waals surface area (Å²) in [5, 5.41) is 2.95. The van der Waals surface area contributed by atoms with E-state index in [0.717, 1.165) is 26.2 Å². The van der Waals surface area contributed by atoms with Gasteiger partial charge in [-0.25, -0.2) is 0 Å². The third-order valence-electron chi connectivity index (χ3n) is 3.75. The van der Waals surface area contributed by atoms with Crippen LogP contribution in [0.5, 0.6) is 0 Å². The first-order valence-electron chi connectivity index (χ1n) is 6.87. The number of nitrogens with zero attached hydrogens (tertiary/aromatic N) is 2. The van der Waals surface area contributed by atoms with Crippen LogP contribution in [-0.2, 0) is 4.79 Å². The molecule has 19 heavy (non-hydrogen) atoms. The van der Waals surface area contributed by atoms with Crippen LogP contribution in [0.2, 0.25) is 0 Å². The molecule has 0 aromatic heterocycles. The standard InChI is InChI=1S/C13H28N4O.ClH/c1-10(2)12(14)13(18)15-9-11(3)17-7-5-16(4)6-8-17;/h10-12H,5-9,14H2,1-4H3,(H,15,18);1H/t11?,12-;/m0./s1. The van der Waals surface area contributed by atoms with E-state index >= 15 is 0 Å². The number of carbonyl (C=O) groups is 1. The minimum absolute atomic E-state index is 0. The number of nitrogens with two attached hydrogens (primary N) is 1. The molecule has 3 N–H and O–H groups in total. The number of halogens is 1. The lowest BCUT2D eigenvalue weighted by molar-refractivity contribution is -0.123. The van der Waals surface area contributed by atoms with Crippen molar-refractivity contribution < 1.29 is 4.79 Å². The summed E-state index contributed by atoms with van der Waals surface area (Å²) in [7, 11) is 2.14. The number of hydrogen-bond acceptors (Lipinski definition) is 4. The molecule has 1 saturated heterocycles.